The van der Waals surface area contributed by atoms with E-state index >= 15 is 0 Å². The van der Waals surface area contributed by atoms with Gasteiger partial charge in [-0.1, -0.05) is 0 Å². The Morgan fingerprint density at radius 1 is 1.05 bits per heavy atom. The van der Waals surface area contributed by atoms with Crippen LogP contribution in [0.1, 0.15) is 52.6 Å². The summed E-state index contributed by atoms with van der Waals surface area (Å²) < 4.78 is 49.4. The summed E-state index contributed by atoms with van der Waals surface area (Å²) in [5, 5.41) is 12.7. The number of nitrogens with zero attached hydrogens (tertiary/aromatic N) is 6. The lowest BCUT2D eigenvalue weighted by Crippen LogP contribution is -2.58. The van der Waals surface area contributed by atoms with Gasteiger partial charge in [-0.3, -0.25) is 4.79 Å². The molecule has 0 bridgehead atoms. The SMILES string of the molecule is Cc1nn(-c2cc(OC3CN(C(=O)N4N=CCC4c4cc(F)cc(F)c4)C3)c(F)cn2)c(C)c1C(=O)NC1CC1. The van der Waals surface area contributed by atoms with E-state index in [1.165, 1.54) is 39.0 Å². The number of benzene rings is 1. The zero-order chi connectivity index (χ0) is 28.1. The zero-order valence-corrected chi connectivity index (χ0v) is 21.8. The van der Waals surface area contributed by atoms with Gasteiger partial charge in [0.15, 0.2) is 17.4 Å². The number of halogens is 3. The Morgan fingerprint density at radius 3 is 2.48 bits per heavy atom. The molecule has 40 heavy (non-hydrogen) atoms. The molecule has 2 fully saturated rings. The molecular formula is C27H26F3N7O3. The predicted octanol–water partition coefficient (Wildman–Crippen LogP) is 3.81. The number of ether oxygens (including phenoxy) is 1. The molecule has 1 unspecified atom stereocenters. The van der Waals surface area contributed by atoms with E-state index in [-0.39, 0.29) is 36.6 Å². The lowest BCUT2D eigenvalue weighted by molar-refractivity contribution is 0.0256. The van der Waals surface area contributed by atoms with Gasteiger partial charge < -0.3 is 15.0 Å². The number of pyridine rings is 1. The second kappa shape index (κ2) is 9.96. The summed E-state index contributed by atoms with van der Waals surface area (Å²) in [7, 11) is 0. The maximum atomic E-state index is 14.6. The number of amides is 3. The Hall–Kier alpha value is -4.42. The molecule has 10 nitrogen and oxygen atoms in total. The minimum Gasteiger partial charge on any atom is -0.483 e. The molecule has 3 aliphatic rings. The lowest BCUT2D eigenvalue weighted by atomic mass is 10.0. The van der Waals surface area contributed by atoms with Gasteiger partial charge in [-0.2, -0.15) is 10.2 Å². The van der Waals surface area contributed by atoms with E-state index in [9.17, 15) is 22.8 Å². The van der Waals surface area contributed by atoms with Gasteiger partial charge in [-0.05, 0) is 44.4 Å². The molecule has 1 aromatic carbocycles. The molecule has 208 valence electrons. The average molecular weight is 554 g/mol. The average Bonchev–Trinajstić information content (AvgIpc) is 3.44. The molecule has 1 saturated carbocycles. The van der Waals surface area contributed by atoms with Gasteiger partial charge in [0.05, 0.1) is 42.3 Å². The van der Waals surface area contributed by atoms with Crippen LogP contribution in [0.5, 0.6) is 5.75 Å². The second-order valence-corrected chi connectivity index (χ2v) is 10.2. The summed E-state index contributed by atoms with van der Waals surface area (Å²) in [4.78, 5) is 31.3. The van der Waals surface area contributed by atoms with Gasteiger partial charge in [-0.25, -0.2) is 32.6 Å². The van der Waals surface area contributed by atoms with Crippen molar-refractivity contribution in [1.82, 2.24) is 30.0 Å². The minimum atomic E-state index is -0.733. The zero-order valence-electron chi connectivity index (χ0n) is 21.8. The molecule has 2 aliphatic heterocycles. The standard InChI is InChI=1S/C27H26F3N7O3/c1-14-25(26(38)33-19-3-4-19)15(2)36(34-14)24-10-23(21(30)11-31-24)40-20-12-35(13-20)27(39)37-22(5-6-32-37)16-7-17(28)9-18(29)8-16/h6-11,19-20,22H,3-5,12-13H2,1-2H3,(H,33,38). The van der Waals surface area contributed by atoms with E-state index in [1.807, 2.05) is 0 Å². The van der Waals surface area contributed by atoms with Crippen molar-refractivity contribution < 1.29 is 27.5 Å². The molecule has 1 saturated heterocycles. The van der Waals surface area contributed by atoms with E-state index in [0.717, 1.165) is 25.1 Å². The Kier molecular flexibility index (Phi) is 6.43. The van der Waals surface area contributed by atoms with Gasteiger partial charge in [0, 0.05) is 30.8 Å². The fourth-order valence-corrected chi connectivity index (χ4v) is 4.93. The van der Waals surface area contributed by atoms with Crippen molar-refractivity contribution in [1.29, 1.82) is 0 Å². The molecule has 3 aromatic rings. The van der Waals surface area contributed by atoms with Crippen LogP contribution < -0.4 is 10.1 Å². The quantitative estimate of drug-likeness (QED) is 0.500. The Bertz CT molecular complexity index is 1510. The maximum absolute atomic E-state index is 14.6. The summed E-state index contributed by atoms with van der Waals surface area (Å²) in [6.45, 7) is 3.80. The topological polar surface area (TPSA) is 105 Å². The first-order valence-corrected chi connectivity index (χ1v) is 12.9. The number of hydrazone groups is 1. The molecule has 4 heterocycles. The van der Waals surface area contributed by atoms with Crippen LogP contribution in [0.2, 0.25) is 0 Å². The van der Waals surface area contributed by atoms with Crippen molar-refractivity contribution >= 4 is 18.2 Å². The number of aromatic nitrogens is 3. The largest absolute Gasteiger partial charge is 0.483 e. The molecule has 13 heteroatoms. The minimum absolute atomic E-state index is 0.0639. The molecule has 6 rings (SSSR count). The molecular weight excluding hydrogens is 527 g/mol. The first-order valence-electron chi connectivity index (χ1n) is 12.9. The highest BCUT2D eigenvalue weighted by atomic mass is 19.1. The van der Waals surface area contributed by atoms with Gasteiger partial charge in [-0.15, -0.1) is 0 Å². The van der Waals surface area contributed by atoms with Crippen molar-refractivity contribution in [3.63, 3.8) is 0 Å². The van der Waals surface area contributed by atoms with Crippen LogP contribution in [0.25, 0.3) is 5.82 Å². The highest BCUT2D eigenvalue weighted by Crippen LogP contribution is 2.32. The number of urea groups is 1. The maximum Gasteiger partial charge on any atom is 0.341 e. The number of carbonyl (C=O) groups excluding carboxylic acids is 2. The number of nitrogens with one attached hydrogen (secondary N) is 1. The molecule has 1 aliphatic carbocycles. The summed E-state index contributed by atoms with van der Waals surface area (Å²) in [5.74, 6) is -2.13. The number of aryl methyl sites for hydroxylation is 1. The molecule has 1 atom stereocenters. The number of hydrogen-bond acceptors (Lipinski definition) is 6. The molecule has 1 N–H and O–H groups in total. The predicted molar refractivity (Wildman–Crippen MR) is 137 cm³/mol. The first-order chi connectivity index (χ1) is 19.2. The smallest absolute Gasteiger partial charge is 0.341 e. The van der Waals surface area contributed by atoms with Crippen LogP contribution in [0, 0.1) is 31.3 Å². The van der Waals surface area contributed by atoms with E-state index in [2.05, 4.69) is 20.5 Å². The fourth-order valence-electron chi connectivity index (χ4n) is 4.93. The number of rotatable bonds is 6. The van der Waals surface area contributed by atoms with Crippen LogP contribution in [0.3, 0.4) is 0 Å². The van der Waals surface area contributed by atoms with Crippen molar-refractivity contribution in [2.24, 2.45) is 5.10 Å². The monoisotopic (exact) mass is 553 g/mol. The summed E-state index contributed by atoms with van der Waals surface area (Å²) in [5.41, 5.74) is 1.86. The Balaban J connectivity index is 1.12. The Labute approximate surface area is 227 Å². The molecule has 3 amide bonds. The molecule has 0 radical (unpaired) electrons. The third kappa shape index (κ3) is 4.87. The van der Waals surface area contributed by atoms with Crippen LogP contribution in [0.4, 0.5) is 18.0 Å². The third-order valence-electron chi connectivity index (χ3n) is 7.16. The lowest BCUT2D eigenvalue weighted by Gasteiger charge is -2.41. The van der Waals surface area contributed by atoms with Crippen molar-refractivity contribution in [3.05, 3.63) is 70.4 Å². The van der Waals surface area contributed by atoms with E-state index in [0.29, 0.717) is 28.9 Å². The van der Waals surface area contributed by atoms with Gasteiger partial charge >= 0.3 is 6.03 Å². The highest BCUT2D eigenvalue weighted by molar-refractivity contribution is 5.96. The van der Waals surface area contributed by atoms with E-state index in [4.69, 9.17) is 4.74 Å². The highest BCUT2D eigenvalue weighted by Gasteiger charge is 2.39. The number of hydrogen-bond donors (Lipinski definition) is 1. The summed E-state index contributed by atoms with van der Waals surface area (Å²) >= 11 is 0. The molecule has 2 aromatic heterocycles. The van der Waals surface area contributed by atoms with Crippen molar-refractivity contribution in [2.75, 3.05) is 13.1 Å². The van der Waals surface area contributed by atoms with Crippen LogP contribution >= 0.6 is 0 Å². The van der Waals surface area contributed by atoms with Crippen LogP contribution in [-0.4, -0.2) is 68.1 Å². The molecule has 0 spiro atoms. The van der Waals surface area contributed by atoms with Crippen LogP contribution in [-0.2, 0) is 0 Å². The number of likely N-dealkylation sites (tertiary alicyclic amines) is 1. The van der Waals surface area contributed by atoms with Crippen molar-refractivity contribution in [2.45, 2.75) is 51.3 Å². The normalized spacial score (nSPS) is 18.7. The van der Waals surface area contributed by atoms with Gasteiger partial charge in [0.2, 0.25) is 0 Å². The second-order valence-electron chi connectivity index (χ2n) is 10.2. The van der Waals surface area contributed by atoms with Crippen LogP contribution in [0.15, 0.2) is 35.6 Å². The first kappa shape index (κ1) is 25.8. The summed E-state index contributed by atoms with van der Waals surface area (Å²) in [6.07, 6.45) is 4.29. The van der Waals surface area contributed by atoms with E-state index in [1.54, 1.807) is 13.8 Å². The van der Waals surface area contributed by atoms with E-state index < -0.39 is 35.6 Å². The fraction of sp³-hybridized carbons (Fsp3) is 0.370. The van der Waals surface area contributed by atoms with Crippen molar-refractivity contribution in [3.8, 4) is 11.6 Å². The van der Waals surface area contributed by atoms with Gasteiger partial charge in [0.25, 0.3) is 5.91 Å². The summed E-state index contributed by atoms with van der Waals surface area (Å²) in [6, 6.07) is 3.65. The number of carbonyl (C=O) groups is 2. The van der Waals surface area contributed by atoms with Gasteiger partial charge in [0.1, 0.15) is 17.7 Å². The third-order valence-corrected chi connectivity index (χ3v) is 7.16. The Morgan fingerprint density at radius 2 is 1.77 bits per heavy atom.